The van der Waals surface area contributed by atoms with Gasteiger partial charge in [0.1, 0.15) is 11.9 Å². The lowest BCUT2D eigenvalue weighted by molar-refractivity contribution is -0.149. The minimum atomic E-state index is -0.173. The fourth-order valence-electron chi connectivity index (χ4n) is 7.91. The van der Waals surface area contributed by atoms with Crippen LogP contribution in [0.1, 0.15) is 72.6 Å². The second kappa shape index (κ2) is 7.42. The van der Waals surface area contributed by atoms with Crippen molar-refractivity contribution in [2.75, 3.05) is 0 Å². The largest absolute Gasteiger partial charge is 0.462 e. The first-order valence-corrected chi connectivity index (χ1v) is 11.6. The van der Waals surface area contributed by atoms with E-state index >= 15 is 0 Å². The van der Waals surface area contributed by atoms with Gasteiger partial charge in [-0.1, -0.05) is 25.5 Å². The molecule has 0 aromatic carbocycles. The Morgan fingerprint density at radius 2 is 1.97 bits per heavy atom. The SMILES string of the molecule is CC(=O)O[C@H]1CC[C@@]2(C)C(=CC[C@H]3[C@H]4C[C@@H](N=C=S)[C@H](C(C)=O)[C@@]4(C)CC[C@H]32)C1. The van der Waals surface area contributed by atoms with Crippen LogP contribution in [-0.2, 0) is 14.3 Å². The van der Waals surface area contributed by atoms with Crippen molar-refractivity contribution in [1.29, 1.82) is 0 Å². The maximum absolute atomic E-state index is 12.6. The first-order chi connectivity index (χ1) is 13.7. The number of ketones is 1. The molecule has 158 valence electrons. The number of allylic oxidation sites excluding steroid dienone is 1. The highest BCUT2D eigenvalue weighted by Crippen LogP contribution is 2.66. The van der Waals surface area contributed by atoms with Gasteiger partial charge in [0.25, 0.3) is 0 Å². The summed E-state index contributed by atoms with van der Waals surface area (Å²) >= 11 is 4.91. The first-order valence-electron chi connectivity index (χ1n) is 11.1. The van der Waals surface area contributed by atoms with Crippen LogP contribution in [0.5, 0.6) is 0 Å². The molecule has 8 atom stereocenters. The Morgan fingerprint density at radius 3 is 2.62 bits per heavy atom. The van der Waals surface area contributed by atoms with Crippen LogP contribution in [-0.4, -0.2) is 29.1 Å². The van der Waals surface area contributed by atoms with Crippen molar-refractivity contribution in [3.8, 4) is 0 Å². The molecule has 0 bridgehead atoms. The quantitative estimate of drug-likeness (QED) is 0.276. The van der Waals surface area contributed by atoms with Crippen LogP contribution < -0.4 is 0 Å². The molecule has 3 saturated carbocycles. The van der Waals surface area contributed by atoms with E-state index in [2.05, 4.69) is 30.1 Å². The smallest absolute Gasteiger partial charge is 0.302 e. The van der Waals surface area contributed by atoms with E-state index in [1.54, 1.807) is 6.92 Å². The average Bonchev–Trinajstić information content (AvgIpc) is 2.94. The van der Waals surface area contributed by atoms with Crippen LogP contribution in [0.3, 0.4) is 0 Å². The molecule has 4 rings (SSSR count). The van der Waals surface area contributed by atoms with Crippen LogP contribution in [0, 0.1) is 34.5 Å². The number of esters is 1. The number of aliphatic imine (C=N–C) groups is 1. The number of isothiocyanates is 1. The summed E-state index contributed by atoms with van der Waals surface area (Å²) in [5.41, 5.74) is 1.71. The molecule has 0 N–H and O–H groups in total. The number of ether oxygens (including phenoxy) is 1. The summed E-state index contributed by atoms with van der Waals surface area (Å²) in [6, 6.07) is -0.00312. The summed E-state index contributed by atoms with van der Waals surface area (Å²) in [4.78, 5) is 28.5. The van der Waals surface area contributed by atoms with E-state index in [0.29, 0.717) is 17.8 Å². The maximum Gasteiger partial charge on any atom is 0.302 e. The monoisotopic (exact) mass is 415 g/mol. The van der Waals surface area contributed by atoms with Crippen LogP contribution in [0.2, 0.25) is 0 Å². The van der Waals surface area contributed by atoms with Gasteiger partial charge in [0.2, 0.25) is 0 Å². The first kappa shape index (κ1) is 20.9. The van der Waals surface area contributed by atoms with Crippen molar-refractivity contribution in [1.82, 2.24) is 0 Å². The van der Waals surface area contributed by atoms with Crippen LogP contribution in [0.15, 0.2) is 16.6 Å². The summed E-state index contributed by atoms with van der Waals surface area (Å²) in [6.07, 6.45) is 9.68. The predicted octanol–water partition coefficient (Wildman–Crippen LogP) is 5.17. The number of hydrogen-bond donors (Lipinski definition) is 0. The van der Waals surface area contributed by atoms with Gasteiger partial charge in [0.05, 0.1) is 11.2 Å². The van der Waals surface area contributed by atoms with Gasteiger partial charge in [-0.05, 0) is 86.3 Å². The minimum absolute atomic E-state index is 0.00312. The number of thiocarbonyl (C=S) groups is 1. The Hall–Kier alpha value is -1.32. The normalized spacial score (nSPS) is 45.7. The summed E-state index contributed by atoms with van der Waals surface area (Å²) < 4.78 is 5.54. The van der Waals surface area contributed by atoms with E-state index in [9.17, 15) is 9.59 Å². The summed E-state index contributed by atoms with van der Waals surface area (Å²) in [7, 11) is 0. The number of rotatable bonds is 3. The molecule has 0 unspecified atom stereocenters. The zero-order valence-electron chi connectivity index (χ0n) is 18.1. The van der Waals surface area contributed by atoms with Gasteiger partial charge in [0, 0.05) is 19.3 Å². The second-order valence-corrected chi connectivity index (χ2v) is 10.6. The Bertz CT molecular complexity index is 800. The van der Waals surface area contributed by atoms with Crippen molar-refractivity contribution < 1.29 is 14.3 Å². The van der Waals surface area contributed by atoms with Gasteiger partial charge in [-0.25, -0.2) is 4.99 Å². The third-order valence-corrected chi connectivity index (χ3v) is 9.18. The molecule has 0 aliphatic heterocycles. The fraction of sp³-hybridized carbons (Fsp3) is 0.792. The molecule has 4 aliphatic carbocycles. The fourth-order valence-corrected chi connectivity index (χ4v) is 8.04. The van der Waals surface area contributed by atoms with E-state index in [-0.39, 0.29) is 40.6 Å². The number of hydrogen-bond acceptors (Lipinski definition) is 5. The Balaban J connectivity index is 1.63. The molecular formula is C24H33NO3S. The van der Waals surface area contributed by atoms with Crippen LogP contribution in [0.25, 0.3) is 0 Å². The molecule has 0 spiro atoms. The lowest BCUT2D eigenvalue weighted by Crippen LogP contribution is -2.51. The number of fused-ring (bicyclic) bond motifs is 5. The van der Waals surface area contributed by atoms with Crippen molar-refractivity contribution in [2.45, 2.75) is 84.8 Å². The van der Waals surface area contributed by atoms with E-state index in [1.807, 2.05) is 0 Å². The summed E-state index contributed by atoms with van der Waals surface area (Å²) in [5.74, 6) is 1.80. The highest BCUT2D eigenvalue weighted by atomic mass is 32.1. The Kier molecular flexibility index (Phi) is 5.36. The van der Waals surface area contributed by atoms with E-state index in [4.69, 9.17) is 17.0 Å². The lowest BCUT2D eigenvalue weighted by Gasteiger charge is -2.57. The predicted molar refractivity (Wildman–Crippen MR) is 116 cm³/mol. The number of carbonyl (C=O) groups excluding carboxylic acids is 2. The van der Waals surface area contributed by atoms with E-state index in [0.717, 1.165) is 38.5 Å². The van der Waals surface area contributed by atoms with Gasteiger partial charge in [-0.3, -0.25) is 9.59 Å². The third kappa shape index (κ3) is 3.25. The highest BCUT2D eigenvalue weighted by molar-refractivity contribution is 7.78. The van der Waals surface area contributed by atoms with Gasteiger partial charge in [-0.2, -0.15) is 0 Å². The standard InChI is InChI=1S/C24H33NO3S/c1-14(26)22-21(25-13-29)12-20-18-6-5-16-11-17(28-15(2)27)7-9-23(16,3)19(18)8-10-24(20,22)4/h5,17-22H,6-12H2,1-4H3/t17-,18+,19+,20+,21+,22-,23-,24-/m0/s1. The number of carbonyl (C=O) groups is 2. The summed E-state index contributed by atoms with van der Waals surface area (Å²) in [6.45, 7) is 8.00. The van der Waals surface area contributed by atoms with Crippen molar-refractivity contribution >= 4 is 29.1 Å². The molecule has 0 radical (unpaired) electrons. The minimum Gasteiger partial charge on any atom is -0.462 e. The molecule has 4 nitrogen and oxygen atoms in total. The van der Waals surface area contributed by atoms with Gasteiger partial charge < -0.3 is 4.74 Å². The molecule has 3 fully saturated rings. The van der Waals surface area contributed by atoms with Crippen LogP contribution >= 0.6 is 12.2 Å². The molecule has 0 aromatic rings. The lowest BCUT2D eigenvalue weighted by atomic mass is 9.47. The molecule has 29 heavy (non-hydrogen) atoms. The molecule has 0 heterocycles. The number of Topliss-reactive ketones (excluding diaryl/α,β-unsaturated/α-hetero) is 1. The summed E-state index contributed by atoms with van der Waals surface area (Å²) in [5, 5.41) is 2.57. The molecule has 0 aromatic heterocycles. The van der Waals surface area contributed by atoms with E-state index < -0.39 is 0 Å². The Labute approximate surface area is 179 Å². The van der Waals surface area contributed by atoms with Crippen LogP contribution in [0.4, 0.5) is 0 Å². The molecular weight excluding hydrogens is 382 g/mol. The van der Waals surface area contributed by atoms with E-state index in [1.165, 1.54) is 18.9 Å². The number of nitrogens with zero attached hydrogens (tertiary/aromatic N) is 1. The van der Waals surface area contributed by atoms with Gasteiger partial charge in [-0.15, -0.1) is 0 Å². The Morgan fingerprint density at radius 1 is 1.21 bits per heavy atom. The third-order valence-electron chi connectivity index (χ3n) is 9.08. The molecule has 5 heteroatoms. The molecule has 0 amide bonds. The maximum atomic E-state index is 12.6. The van der Waals surface area contributed by atoms with Crippen molar-refractivity contribution in [2.24, 2.45) is 39.5 Å². The average molecular weight is 416 g/mol. The zero-order chi connectivity index (χ0) is 21.0. The van der Waals surface area contributed by atoms with Crippen molar-refractivity contribution in [3.05, 3.63) is 11.6 Å². The van der Waals surface area contributed by atoms with Gasteiger partial charge >= 0.3 is 5.97 Å². The molecule has 0 saturated heterocycles. The highest BCUT2D eigenvalue weighted by Gasteiger charge is 2.62. The molecule has 4 aliphatic rings. The van der Waals surface area contributed by atoms with Gasteiger partial charge in [0.15, 0.2) is 0 Å². The topological polar surface area (TPSA) is 55.7 Å². The second-order valence-electron chi connectivity index (χ2n) is 10.4. The zero-order valence-corrected chi connectivity index (χ0v) is 18.9. The van der Waals surface area contributed by atoms with Crippen molar-refractivity contribution in [3.63, 3.8) is 0 Å².